The summed E-state index contributed by atoms with van der Waals surface area (Å²) in [5.74, 6) is 0. The van der Waals surface area contributed by atoms with Crippen LogP contribution in [0.15, 0.2) is 0 Å². The molecule has 0 spiro atoms. The predicted molar refractivity (Wildman–Crippen MR) is 52.0 cm³/mol. The molecule has 1 rings (SSSR count). The lowest BCUT2D eigenvalue weighted by atomic mass is 10.1. The molecule has 0 heterocycles. The van der Waals surface area contributed by atoms with Gasteiger partial charge in [0.25, 0.3) is 0 Å². The summed E-state index contributed by atoms with van der Waals surface area (Å²) >= 11 is 4.54. The van der Waals surface area contributed by atoms with Crippen molar-refractivity contribution in [2.45, 2.75) is 7.85 Å². The molecule has 1 fully saturated rings. The first-order chi connectivity index (χ1) is 4.08. The van der Waals surface area contributed by atoms with E-state index in [1.807, 2.05) is 0 Å². The molecule has 1 saturated carbocycles. The molecule has 0 aromatic heterocycles. The van der Waals surface area contributed by atoms with Crippen LogP contribution in [0.2, 0.25) is 0 Å². The number of rotatable bonds is 2. The van der Waals surface area contributed by atoms with Crippen molar-refractivity contribution in [1.82, 2.24) is 0 Å². The third-order valence-electron chi connectivity index (χ3n) is 1.82. The molecule has 1 aliphatic rings. The molecule has 54 valence electrons. The average molecular weight is 354 g/mol. The zero-order chi connectivity index (χ0) is 7.12. The summed E-state index contributed by atoms with van der Waals surface area (Å²) in [6.07, 6.45) is 0.925. The maximum atomic E-state index is 8.82. The van der Waals surface area contributed by atoms with E-state index in [0.717, 1.165) is 6.42 Å². The Morgan fingerprint density at radius 2 is 1.56 bits per heavy atom. The van der Waals surface area contributed by atoms with Crippen molar-refractivity contribution in [1.29, 1.82) is 0 Å². The van der Waals surface area contributed by atoms with Crippen molar-refractivity contribution in [3.05, 3.63) is 0 Å². The number of aliphatic hydroxyl groups is 2. The zero-order valence-corrected chi connectivity index (χ0v) is 9.09. The topological polar surface area (TPSA) is 40.5 Å². The summed E-state index contributed by atoms with van der Waals surface area (Å²) in [5, 5.41) is 17.6. The third-order valence-corrected chi connectivity index (χ3v) is 4.87. The minimum Gasteiger partial charge on any atom is -0.396 e. The van der Waals surface area contributed by atoms with E-state index >= 15 is 0 Å². The fourth-order valence-electron chi connectivity index (χ4n) is 0.774. The summed E-state index contributed by atoms with van der Waals surface area (Å²) in [4.78, 5) is 0. The van der Waals surface area contributed by atoms with Gasteiger partial charge in [0.2, 0.25) is 0 Å². The Morgan fingerprint density at radius 1 is 1.22 bits per heavy atom. The van der Waals surface area contributed by atoms with E-state index in [1.165, 1.54) is 0 Å². The number of aliphatic hydroxyl groups excluding tert-OH is 2. The second-order valence-corrected chi connectivity index (χ2v) is 8.22. The van der Waals surface area contributed by atoms with Gasteiger partial charge in [-0.25, -0.2) is 0 Å². The van der Waals surface area contributed by atoms with Crippen LogP contribution in [0.3, 0.4) is 0 Å². The lowest BCUT2D eigenvalue weighted by Gasteiger charge is -2.10. The predicted octanol–water partition coefficient (Wildman–Crippen LogP) is 0.927. The van der Waals surface area contributed by atoms with Gasteiger partial charge in [0.15, 0.2) is 0 Å². The average Bonchev–Trinajstić information content (AvgIpc) is 2.35. The van der Waals surface area contributed by atoms with Crippen molar-refractivity contribution < 1.29 is 10.2 Å². The standard InChI is InChI=1S/C5H8I2O2/c6-5(7)1-4(5,2-8)3-9/h8-9H,1-3H2. The van der Waals surface area contributed by atoms with Crippen LogP contribution < -0.4 is 0 Å². The van der Waals surface area contributed by atoms with Crippen molar-refractivity contribution >= 4 is 45.2 Å². The summed E-state index contributed by atoms with van der Waals surface area (Å²) in [6, 6.07) is 0. The van der Waals surface area contributed by atoms with E-state index in [9.17, 15) is 0 Å². The molecule has 0 bridgehead atoms. The highest BCUT2D eigenvalue weighted by Gasteiger charge is 2.64. The molecule has 0 amide bonds. The summed E-state index contributed by atoms with van der Waals surface area (Å²) in [6.45, 7) is 0.213. The van der Waals surface area contributed by atoms with E-state index in [4.69, 9.17) is 10.2 Å². The fourth-order valence-corrected chi connectivity index (χ4v) is 2.92. The second kappa shape index (κ2) is 2.46. The molecule has 4 heteroatoms. The number of hydrogen-bond donors (Lipinski definition) is 2. The van der Waals surface area contributed by atoms with Gasteiger partial charge in [-0.05, 0) is 6.42 Å². The maximum absolute atomic E-state index is 8.82. The normalized spacial score (nSPS) is 28.0. The van der Waals surface area contributed by atoms with Gasteiger partial charge in [0.1, 0.15) is 0 Å². The molecular weight excluding hydrogens is 346 g/mol. The third kappa shape index (κ3) is 1.23. The monoisotopic (exact) mass is 354 g/mol. The van der Waals surface area contributed by atoms with E-state index in [1.54, 1.807) is 0 Å². The van der Waals surface area contributed by atoms with Gasteiger partial charge in [0, 0.05) is 5.41 Å². The van der Waals surface area contributed by atoms with Crippen LogP contribution in [-0.4, -0.2) is 24.9 Å². The van der Waals surface area contributed by atoms with Crippen molar-refractivity contribution in [3.63, 3.8) is 0 Å². The molecule has 2 N–H and O–H groups in total. The summed E-state index contributed by atoms with van der Waals surface area (Å²) in [7, 11) is 0. The first-order valence-electron chi connectivity index (χ1n) is 2.67. The Labute approximate surface area is 81.3 Å². The van der Waals surface area contributed by atoms with Crippen LogP contribution >= 0.6 is 45.2 Å². The molecule has 0 atom stereocenters. The van der Waals surface area contributed by atoms with Crippen molar-refractivity contribution in [3.8, 4) is 0 Å². The van der Waals surface area contributed by atoms with Gasteiger partial charge in [-0.1, -0.05) is 45.2 Å². The van der Waals surface area contributed by atoms with Crippen LogP contribution in [0, 0.1) is 5.41 Å². The van der Waals surface area contributed by atoms with Gasteiger partial charge in [0.05, 0.1) is 14.6 Å². The number of hydrogen-bond acceptors (Lipinski definition) is 2. The lowest BCUT2D eigenvalue weighted by molar-refractivity contribution is 0.135. The lowest BCUT2D eigenvalue weighted by Crippen LogP contribution is -2.18. The van der Waals surface area contributed by atoms with Crippen LogP contribution in [0.25, 0.3) is 0 Å². The molecule has 0 aromatic carbocycles. The Hall–Kier alpha value is 1.38. The smallest absolute Gasteiger partial charge is 0.0842 e. The summed E-state index contributed by atoms with van der Waals surface area (Å²) < 4.78 is 0.103. The highest BCUT2D eigenvalue weighted by Crippen LogP contribution is 2.66. The quantitative estimate of drug-likeness (QED) is 0.572. The van der Waals surface area contributed by atoms with Crippen LogP contribution in [0.5, 0.6) is 0 Å². The van der Waals surface area contributed by atoms with E-state index in [2.05, 4.69) is 45.2 Å². The van der Waals surface area contributed by atoms with Crippen LogP contribution in [0.1, 0.15) is 6.42 Å². The Kier molecular flexibility index (Phi) is 2.31. The number of halogens is 2. The minimum atomic E-state index is -0.186. The minimum absolute atomic E-state index is 0.103. The SMILES string of the molecule is OCC1(CO)CC1(I)I. The van der Waals surface area contributed by atoms with E-state index in [-0.39, 0.29) is 20.1 Å². The molecule has 0 aliphatic heterocycles. The van der Waals surface area contributed by atoms with Gasteiger partial charge in [-0.15, -0.1) is 0 Å². The largest absolute Gasteiger partial charge is 0.396 e. The highest BCUT2D eigenvalue weighted by atomic mass is 127. The van der Waals surface area contributed by atoms with Crippen molar-refractivity contribution in [2.24, 2.45) is 5.41 Å². The molecular formula is C5H8I2O2. The molecule has 9 heavy (non-hydrogen) atoms. The molecule has 2 nitrogen and oxygen atoms in total. The van der Waals surface area contributed by atoms with Crippen molar-refractivity contribution in [2.75, 3.05) is 13.2 Å². The first-order valence-corrected chi connectivity index (χ1v) is 4.83. The van der Waals surface area contributed by atoms with Gasteiger partial charge in [-0.3, -0.25) is 0 Å². The van der Waals surface area contributed by atoms with E-state index in [0.29, 0.717) is 0 Å². The Morgan fingerprint density at radius 3 is 1.56 bits per heavy atom. The Balaban J connectivity index is 2.57. The molecule has 0 aromatic rings. The second-order valence-electron chi connectivity index (χ2n) is 2.48. The van der Waals surface area contributed by atoms with Crippen LogP contribution in [-0.2, 0) is 0 Å². The first kappa shape index (κ1) is 8.48. The highest BCUT2D eigenvalue weighted by molar-refractivity contribution is 14.2. The summed E-state index contributed by atoms with van der Waals surface area (Å²) in [5.41, 5.74) is -0.186. The fraction of sp³-hybridized carbons (Fsp3) is 1.00. The zero-order valence-electron chi connectivity index (χ0n) is 4.77. The van der Waals surface area contributed by atoms with E-state index < -0.39 is 0 Å². The van der Waals surface area contributed by atoms with Gasteiger partial charge >= 0.3 is 0 Å². The molecule has 0 unspecified atom stereocenters. The molecule has 0 radical (unpaired) electrons. The molecule has 1 aliphatic carbocycles. The maximum Gasteiger partial charge on any atom is 0.0842 e. The van der Waals surface area contributed by atoms with Crippen LogP contribution in [0.4, 0.5) is 0 Å². The Bertz CT molecular complexity index is 120. The number of alkyl halides is 2. The van der Waals surface area contributed by atoms with Gasteiger partial charge in [-0.2, -0.15) is 0 Å². The van der Waals surface area contributed by atoms with Gasteiger partial charge < -0.3 is 10.2 Å². The molecule has 0 saturated heterocycles.